The molecule has 0 saturated carbocycles. The minimum absolute atomic E-state index is 0.0639. The maximum atomic E-state index is 8.36. The Morgan fingerprint density at radius 1 is 1.88 bits per heavy atom. The largest absolute Gasteiger partial charge is 0.430 e. The second-order valence-electron chi connectivity index (χ2n) is 1.24. The molecule has 0 unspecified atom stereocenters. The van der Waals surface area contributed by atoms with E-state index >= 15 is 0 Å². The number of halogens is 1. The molecule has 0 atom stereocenters. The molecule has 0 bridgehead atoms. The minimum atomic E-state index is -0.153. The monoisotopic (exact) mass is 133 g/mol. The summed E-state index contributed by atoms with van der Waals surface area (Å²) >= 11 is 5.25. The van der Waals surface area contributed by atoms with Crippen LogP contribution in [0.5, 0.6) is 0 Å². The summed E-state index contributed by atoms with van der Waals surface area (Å²) in [7, 11) is 0. The lowest BCUT2D eigenvalue weighted by molar-refractivity contribution is 0.247. The molecule has 0 fully saturated rings. The second-order valence-corrected chi connectivity index (χ2v) is 1.56. The Morgan fingerprint density at radius 2 is 2.62 bits per heavy atom. The SMILES string of the molecule is OCc1cnc(Cl)o1. The summed E-state index contributed by atoms with van der Waals surface area (Å²) in [4.78, 5) is 3.53. The highest BCUT2D eigenvalue weighted by atomic mass is 35.5. The van der Waals surface area contributed by atoms with Gasteiger partial charge in [-0.2, -0.15) is 0 Å². The Bertz CT molecular complexity index is 174. The molecule has 0 saturated heterocycles. The van der Waals surface area contributed by atoms with Crippen LogP contribution in [0.2, 0.25) is 5.35 Å². The molecule has 0 aliphatic rings. The number of aliphatic hydroxyl groups is 1. The fraction of sp³-hybridized carbons (Fsp3) is 0.250. The van der Waals surface area contributed by atoms with Gasteiger partial charge >= 0.3 is 0 Å². The fourth-order valence-electron chi connectivity index (χ4n) is 0.357. The van der Waals surface area contributed by atoms with E-state index < -0.39 is 0 Å². The van der Waals surface area contributed by atoms with Crippen LogP contribution in [0, 0.1) is 0 Å². The van der Waals surface area contributed by atoms with Crippen molar-refractivity contribution in [1.29, 1.82) is 0 Å². The molecular formula is C4H4ClNO2. The van der Waals surface area contributed by atoms with Gasteiger partial charge in [-0.3, -0.25) is 0 Å². The highest BCUT2D eigenvalue weighted by molar-refractivity contribution is 6.27. The summed E-state index contributed by atoms with van der Waals surface area (Å²) in [5.74, 6) is 0.384. The highest BCUT2D eigenvalue weighted by Crippen LogP contribution is 2.07. The van der Waals surface area contributed by atoms with E-state index in [1.807, 2.05) is 0 Å². The first-order valence-corrected chi connectivity index (χ1v) is 2.42. The normalized spacial score (nSPS) is 9.75. The molecule has 8 heavy (non-hydrogen) atoms. The molecule has 1 N–H and O–H groups in total. The van der Waals surface area contributed by atoms with Crippen molar-refractivity contribution >= 4 is 11.6 Å². The number of aromatic nitrogens is 1. The number of nitrogens with zero attached hydrogens (tertiary/aromatic N) is 1. The van der Waals surface area contributed by atoms with Crippen LogP contribution in [0.1, 0.15) is 5.76 Å². The van der Waals surface area contributed by atoms with Crippen LogP contribution >= 0.6 is 11.6 Å². The van der Waals surface area contributed by atoms with Crippen molar-refractivity contribution in [3.05, 3.63) is 17.3 Å². The zero-order valence-corrected chi connectivity index (χ0v) is 4.72. The summed E-state index contributed by atoms with van der Waals surface area (Å²) in [6.45, 7) is -0.153. The van der Waals surface area contributed by atoms with Gasteiger partial charge in [-0.15, -0.1) is 0 Å². The molecular weight excluding hydrogens is 130 g/mol. The summed E-state index contributed by atoms with van der Waals surface area (Å²) in [6.07, 6.45) is 1.38. The van der Waals surface area contributed by atoms with E-state index in [1.54, 1.807) is 0 Å². The minimum Gasteiger partial charge on any atom is -0.430 e. The molecule has 0 aliphatic heterocycles. The number of hydrogen-bond acceptors (Lipinski definition) is 3. The zero-order chi connectivity index (χ0) is 5.98. The fourth-order valence-corrected chi connectivity index (χ4v) is 0.505. The van der Waals surface area contributed by atoms with Crippen molar-refractivity contribution in [2.24, 2.45) is 0 Å². The molecule has 0 spiro atoms. The van der Waals surface area contributed by atoms with E-state index in [-0.39, 0.29) is 12.0 Å². The maximum absolute atomic E-state index is 8.36. The third-order valence-corrected chi connectivity index (χ3v) is 0.856. The second kappa shape index (κ2) is 2.15. The van der Waals surface area contributed by atoms with Gasteiger partial charge in [-0.25, -0.2) is 4.98 Å². The lowest BCUT2D eigenvalue weighted by Gasteiger charge is -1.79. The number of aliphatic hydroxyl groups excluding tert-OH is 1. The molecule has 44 valence electrons. The predicted octanol–water partition coefficient (Wildman–Crippen LogP) is 0.820. The Kier molecular flexibility index (Phi) is 1.50. The first-order chi connectivity index (χ1) is 3.83. The molecule has 1 heterocycles. The number of oxazole rings is 1. The van der Waals surface area contributed by atoms with Crippen LogP contribution < -0.4 is 0 Å². The van der Waals surface area contributed by atoms with Crippen LogP contribution in [0.25, 0.3) is 0 Å². The van der Waals surface area contributed by atoms with Gasteiger partial charge < -0.3 is 9.52 Å². The first-order valence-electron chi connectivity index (χ1n) is 2.04. The molecule has 4 heteroatoms. The number of hydrogen-bond donors (Lipinski definition) is 1. The lowest BCUT2D eigenvalue weighted by Crippen LogP contribution is -1.72. The Morgan fingerprint density at radius 3 is 2.88 bits per heavy atom. The van der Waals surface area contributed by atoms with Gasteiger partial charge in [0.15, 0.2) is 5.76 Å². The molecule has 1 aromatic rings. The van der Waals surface area contributed by atoms with Crippen molar-refractivity contribution in [2.45, 2.75) is 6.61 Å². The molecule has 0 radical (unpaired) electrons. The number of rotatable bonds is 1. The van der Waals surface area contributed by atoms with Crippen molar-refractivity contribution < 1.29 is 9.52 Å². The van der Waals surface area contributed by atoms with E-state index in [2.05, 4.69) is 9.40 Å². The third kappa shape index (κ3) is 0.993. The van der Waals surface area contributed by atoms with E-state index in [0.29, 0.717) is 5.76 Å². The van der Waals surface area contributed by atoms with Crippen molar-refractivity contribution in [3.8, 4) is 0 Å². The van der Waals surface area contributed by atoms with Gasteiger partial charge in [0, 0.05) is 0 Å². The van der Waals surface area contributed by atoms with Crippen molar-refractivity contribution in [2.75, 3.05) is 0 Å². The smallest absolute Gasteiger partial charge is 0.292 e. The summed E-state index contributed by atoms with van der Waals surface area (Å²) in [6, 6.07) is 0. The molecule has 3 nitrogen and oxygen atoms in total. The molecule has 0 amide bonds. The first kappa shape index (κ1) is 5.59. The van der Waals surface area contributed by atoms with Gasteiger partial charge in [-0.1, -0.05) is 0 Å². The van der Waals surface area contributed by atoms with Crippen LogP contribution in [-0.4, -0.2) is 10.1 Å². The Labute approximate surface area is 50.9 Å². The van der Waals surface area contributed by atoms with E-state index in [1.165, 1.54) is 6.20 Å². The molecule has 1 rings (SSSR count). The molecule has 1 aromatic heterocycles. The standard InChI is InChI=1S/C4H4ClNO2/c5-4-6-1-3(2-7)8-4/h1,7H,2H2. The zero-order valence-electron chi connectivity index (χ0n) is 3.97. The van der Waals surface area contributed by atoms with Gasteiger partial charge in [0.05, 0.1) is 6.20 Å². The average molecular weight is 134 g/mol. The Hall–Kier alpha value is -0.540. The van der Waals surface area contributed by atoms with Crippen LogP contribution in [0.15, 0.2) is 10.6 Å². The predicted molar refractivity (Wildman–Crippen MR) is 27.4 cm³/mol. The van der Waals surface area contributed by atoms with E-state index in [9.17, 15) is 0 Å². The van der Waals surface area contributed by atoms with Crippen molar-refractivity contribution in [3.63, 3.8) is 0 Å². The topological polar surface area (TPSA) is 46.3 Å². The summed E-state index contributed by atoms with van der Waals surface area (Å²) < 4.78 is 4.64. The molecule has 0 aliphatic carbocycles. The van der Waals surface area contributed by atoms with Gasteiger partial charge in [0.2, 0.25) is 0 Å². The Balaban J connectivity index is 2.84. The quantitative estimate of drug-likeness (QED) is 0.617. The van der Waals surface area contributed by atoms with Gasteiger partial charge in [0.1, 0.15) is 6.61 Å². The van der Waals surface area contributed by atoms with Crippen LogP contribution in [0.4, 0.5) is 0 Å². The lowest BCUT2D eigenvalue weighted by atomic mass is 10.6. The van der Waals surface area contributed by atoms with E-state index in [0.717, 1.165) is 0 Å². The summed E-state index contributed by atoms with van der Waals surface area (Å²) in [5.41, 5.74) is 0. The molecule has 0 aromatic carbocycles. The highest BCUT2D eigenvalue weighted by Gasteiger charge is 1.95. The van der Waals surface area contributed by atoms with E-state index in [4.69, 9.17) is 16.7 Å². The third-order valence-electron chi connectivity index (χ3n) is 0.681. The van der Waals surface area contributed by atoms with Gasteiger partial charge in [0.25, 0.3) is 5.35 Å². The summed E-state index contributed by atoms with van der Waals surface area (Å²) in [5, 5.41) is 8.42. The van der Waals surface area contributed by atoms with Crippen LogP contribution in [0.3, 0.4) is 0 Å². The maximum Gasteiger partial charge on any atom is 0.292 e. The van der Waals surface area contributed by atoms with Crippen molar-refractivity contribution in [1.82, 2.24) is 4.98 Å². The van der Waals surface area contributed by atoms with Gasteiger partial charge in [-0.05, 0) is 11.6 Å². The average Bonchev–Trinajstić information content (AvgIpc) is 2.14. The van der Waals surface area contributed by atoms with Crippen LogP contribution in [-0.2, 0) is 6.61 Å².